The number of alkyl halides is 2. The minimum atomic E-state index is -3.03. The summed E-state index contributed by atoms with van der Waals surface area (Å²) in [6, 6.07) is 10.4. The Kier molecular flexibility index (Phi) is 7.36. The predicted molar refractivity (Wildman–Crippen MR) is 94.4 cm³/mol. The molecule has 0 aliphatic rings. The summed E-state index contributed by atoms with van der Waals surface area (Å²) in [5.41, 5.74) is 0.543. The summed E-state index contributed by atoms with van der Waals surface area (Å²) in [5.74, 6) is -1.12. The quantitative estimate of drug-likeness (QED) is 0.685. The van der Waals surface area contributed by atoms with E-state index in [2.05, 4.69) is 10.1 Å². The zero-order valence-electron chi connectivity index (χ0n) is 14.2. The fourth-order valence-electron chi connectivity index (χ4n) is 2.19. The third-order valence-corrected chi connectivity index (χ3v) is 3.55. The van der Waals surface area contributed by atoms with Crippen molar-refractivity contribution in [3.05, 3.63) is 53.1 Å². The lowest BCUT2D eigenvalue weighted by atomic mass is 10.1. The largest absolute Gasteiger partial charge is 0.496 e. The lowest BCUT2D eigenvalue weighted by Crippen LogP contribution is -2.22. The van der Waals surface area contributed by atoms with Crippen molar-refractivity contribution in [2.45, 2.75) is 13.0 Å². The van der Waals surface area contributed by atoms with Crippen LogP contribution in [0, 0.1) is 0 Å². The molecule has 0 heterocycles. The smallest absolute Gasteiger partial charge is 0.387 e. The van der Waals surface area contributed by atoms with E-state index >= 15 is 0 Å². The molecule has 0 aliphatic carbocycles. The summed E-state index contributed by atoms with van der Waals surface area (Å²) in [6.07, 6.45) is -0.151. The fourth-order valence-corrected chi connectivity index (χ4v) is 2.39. The molecule has 0 radical (unpaired) electrons. The number of ether oxygens (including phenoxy) is 3. The Morgan fingerprint density at radius 3 is 2.59 bits per heavy atom. The number of benzene rings is 2. The fraction of sp³-hybridized carbons (Fsp3) is 0.222. The van der Waals surface area contributed by atoms with Crippen LogP contribution in [0.3, 0.4) is 0 Å². The van der Waals surface area contributed by atoms with Gasteiger partial charge in [0.15, 0.2) is 6.61 Å². The Morgan fingerprint density at radius 1 is 1.15 bits per heavy atom. The van der Waals surface area contributed by atoms with Gasteiger partial charge in [0.2, 0.25) is 0 Å². The average molecular weight is 400 g/mol. The van der Waals surface area contributed by atoms with E-state index in [-0.39, 0.29) is 17.9 Å². The molecule has 2 aromatic rings. The van der Waals surface area contributed by atoms with E-state index < -0.39 is 25.1 Å². The molecular formula is C18H16ClF2NO5. The van der Waals surface area contributed by atoms with Gasteiger partial charge in [0.05, 0.1) is 19.2 Å². The van der Waals surface area contributed by atoms with Gasteiger partial charge >= 0.3 is 12.6 Å². The van der Waals surface area contributed by atoms with E-state index in [1.54, 1.807) is 18.2 Å². The molecule has 27 heavy (non-hydrogen) atoms. The lowest BCUT2D eigenvalue weighted by Gasteiger charge is -2.12. The number of carbonyl (C=O) groups excluding carboxylic acids is 2. The van der Waals surface area contributed by atoms with Gasteiger partial charge in [-0.2, -0.15) is 8.78 Å². The zero-order valence-corrected chi connectivity index (χ0v) is 15.0. The second-order valence-electron chi connectivity index (χ2n) is 5.22. The summed E-state index contributed by atoms with van der Waals surface area (Å²) < 4.78 is 39.1. The number of nitrogens with one attached hydrogen (secondary N) is 1. The van der Waals surface area contributed by atoms with Crippen molar-refractivity contribution in [2.24, 2.45) is 0 Å². The number of amides is 1. The van der Waals surface area contributed by atoms with Crippen molar-refractivity contribution in [1.29, 1.82) is 0 Å². The third-order valence-electron chi connectivity index (χ3n) is 3.32. The maximum absolute atomic E-state index is 12.4. The molecule has 0 saturated carbocycles. The van der Waals surface area contributed by atoms with Gasteiger partial charge in [-0.3, -0.25) is 9.59 Å². The van der Waals surface area contributed by atoms with Crippen molar-refractivity contribution in [3.8, 4) is 11.5 Å². The molecule has 0 bridgehead atoms. The van der Waals surface area contributed by atoms with Gasteiger partial charge in [-0.1, -0.05) is 23.7 Å². The Balaban J connectivity index is 1.91. The highest BCUT2D eigenvalue weighted by atomic mass is 35.5. The van der Waals surface area contributed by atoms with Crippen LogP contribution in [0.2, 0.25) is 5.02 Å². The molecule has 0 saturated heterocycles. The molecule has 0 aromatic heterocycles. The summed E-state index contributed by atoms with van der Waals surface area (Å²) >= 11 is 5.89. The number of carbonyl (C=O) groups is 2. The Labute approximate surface area is 159 Å². The van der Waals surface area contributed by atoms with Crippen molar-refractivity contribution < 1.29 is 32.6 Å². The van der Waals surface area contributed by atoms with Crippen LogP contribution in [-0.4, -0.2) is 32.2 Å². The number of halogens is 3. The Bertz CT molecular complexity index is 816. The van der Waals surface area contributed by atoms with Crippen LogP contribution in [-0.2, 0) is 20.7 Å². The van der Waals surface area contributed by atoms with Crippen LogP contribution in [0.25, 0.3) is 0 Å². The van der Waals surface area contributed by atoms with E-state index in [1.807, 2.05) is 0 Å². The van der Waals surface area contributed by atoms with Gasteiger partial charge in [-0.05, 0) is 30.3 Å². The molecule has 1 amide bonds. The number of hydrogen-bond acceptors (Lipinski definition) is 5. The molecule has 1 N–H and O–H groups in total. The van der Waals surface area contributed by atoms with Crippen LogP contribution >= 0.6 is 11.6 Å². The minimum absolute atomic E-state index is 0.0374. The monoisotopic (exact) mass is 399 g/mol. The predicted octanol–water partition coefficient (Wildman–Crippen LogP) is 3.67. The van der Waals surface area contributed by atoms with Crippen LogP contribution in [0.4, 0.5) is 14.5 Å². The first-order valence-corrected chi connectivity index (χ1v) is 8.08. The van der Waals surface area contributed by atoms with Crippen molar-refractivity contribution >= 4 is 29.2 Å². The number of methoxy groups -OCH3 is 1. The molecule has 6 nitrogen and oxygen atoms in total. The Hall–Kier alpha value is -2.87. The van der Waals surface area contributed by atoms with Gasteiger partial charge in [0, 0.05) is 10.6 Å². The first-order valence-electron chi connectivity index (χ1n) is 7.70. The van der Waals surface area contributed by atoms with Crippen molar-refractivity contribution in [2.75, 3.05) is 19.0 Å². The number of esters is 1. The van der Waals surface area contributed by atoms with Crippen LogP contribution in [0.5, 0.6) is 11.5 Å². The number of anilines is 1. The number of rotatable bonds is 8. The van der Waals surface area contributed by atoms with E-state index in [9.17, 15) is 18.4 Å². The van der Waals surface area contributed by atoms with Crippen molar-refractivity contribution in [3.63, 3.8) is 0 Å². The van der Waals surface area contributed by atoms with Gasteiger partial charge in [-0.25, -0.2) is 0 Å². The summed E-state index contributed by atoms with van der Waals surface area (Å²) in [5, 5.41) is 2.77. The molecule has 0 fully saturated rings. The first-order chi connectivity index (χ1) is 12.9. The average Bonchev–Trinajstić information content (AvgIpc) is 2.61. The second-order valence-corrected chi connectivity index (χ2v) is 5.65. The molecule has 2 rings (SSSR count). The van der Waals surface area contributed by atoms with E-state index in [0.717, 1.165) is 0 Å². The Morgan fingerprint density at radius 2 is 1.89 bits per heavy atom. The van der Waals surface area contributed by atoms with Gasteiger partial charge in [-0.15, -0.1) is 0 Å². The van der Waals surface area contributed by atoms with Crippen LogP contribution in [0.15, 0.2) is 42.5 Å². The molecule has 9 heteroatoms. The highest BCUT2D eigenvalue weighted by Crippen LogP contribution is 2.25. The summed E-state index contributed by atoms with van der Waals surface area (Å²) in [7, 11) is 1.45. The molecule has 0 aliphatic heterocycles. The molecule has 144 valence electrons. The second kappa shape index (κ2) is 9.72. The first kappa shape index (κ1) is 20.4. The lowest BCUT2D eigenvalue weighted by molar-refractivity contribution is -0.146. The number of hydrogen-bond donors (Lipinski definition) is 1. The van der Waals surface area contributed by atoms with Gasteiger partial charge in [0.1, 0.15) is 11.5 Å². The maximum atomic E-state index is 12.4. The summed E-state index contributed by atoms with van der Waals surface area (Å²) in [6.45, 7) is -3.63. The molecular weight excluding hydrogens is 384 g/mol. The normalized spacial score (nSPS) is 10.4. The van der Waals surface area contributed by atoms with Gasteiger partial charge in [0.25, 0.3) is 5.91 Å². The number of para-hydroxylation sites is 2. The topological polar surface area (TPSA) is 73.9 Å². The van der Waals surface area contributed by atoms with Crippen LogP contribution in [0.1, 0.15) is 5.56 Å². The highest BCUT2D eigenvalue weighted by Gasteiger charge is 2.15. The third kappa shape index (κ3) is 6.41. The van der Waals surface area contributed by atoms with E-state index in [1.165, 1.54) is 31.4 Å². The zero-order chi connectivity index (χ0) is 19.8. The molecule has 2 aromatic carbocycles. The van der Waals surface area contributed by atoms with Gasteiger partial charge < -0.3 is 19.5 Å². The standard InChI is InChI=1S/C18H16ClF2NO5/c1-25-14-7-6-12(19)8-11(14)9-17(24)26-10-16(23)22-13-4-2-3-5-15(13)27-18(20)21/h2-8,18H,9-10H2,1H3,(H,22,23). The minimum Gasteiger partial charge on any atom is -0.496 e. The SMILES string of the molecule is COc1ccc(Cl)cc1CC(=O)OCC(=O)Nc1ccccc1OC(F)F. The molecule has 0 unspecified atom stereocenters. The molecule has 0 spiro atoms. The highest BCUT2D eigenvalue weighted by molar-refractivity contribution is 6.30. The van der Waals surface area contributed by atoms with E-state index in [4.69, 9.17) is 21.1 Å². The van der Waals surface area contributed by atoms with Crippen LogP contribution < -0.4 is 14.8 Å². The van der Waals surface area contributed by atoms with E-state index in [0.29, 0.717) is 16.3 Å². The maximum Gasteiger partial charge on any atom is 0.387 e. The summed E-state index contributed by atoms with van der Waals surface area (Å²) in [4.78, 5) is 23.8. The molecule has 0 atom stereocenters. The van der Waals surface area contributed by atoms with Crippen molar-refractivity contribution in [1.82, 2.24) is 0 Å².